The number of carbonyl (C=O) groups excluding carboxylic acids is 1. The molecule has 118 valence electrons. The van der Waals surface area contributed by atoms with Crippen molar-refractivity contribution in [2.45, 2.75) is 6.42 Å². The highest BCUT2D eigenvalue weighted by atomic mass is 16.5. The van der Waals surface area contributed by atoms with Gasteiger partial charge in [0.1, 0.15) is 5.82 Å². The highest BCUT2D eigenvalue weighted by Crippen LogP contribution is 2.27. The quantitative estimate of drug-likeness (QED) is 0.853. The molecule has 2 amide bonds. The number of aryl methyl sites for hydroxylation is 1. The fourth-order valence-electron chi connectivity index (χ4n) is 2.01. The van der Waals surface area contributed by atoms with Gasteiger partial charge in [-0.05, 0) is 24.1 Å². The van der Waals surface area contributed by atoms with Gasteiger partial charge in [-0.25, -0.2) is 4.79 Å². The first-order valence-corrected chi connectivity index (χ1v) is 6.88. The van der Waals surface area contributed by atoms with Gasteiger partial charge in [-0.15, -0.1) is 0 Å². The standard InChI is InChI=1S/C15H20N4O3/c1-19-14(7-9-17-19)18-15(20)16-8-6-11-4-5-12(21-2)13(10-11)22-3/h4-5,7,9-10H,6,8H2,1-3H3,(H2,16,18,20). The Morgan fingerprint density at radius 1 is 1.23 bits per heavy atom. The van der Waals surface area contributed by atoms with E-state index in [4.69, 9.17) is 9.47 Å². The van der Waals surface area contributed by atoms with Crippen molar-refractivity contribution in [3.8, 4) is 11.5 Å². The zero-order valence-corrected chi connectivity index (χ0v) is 12.9. The summed E-state index contributed by atoms with van der Waals surface area (Å²) in [7, 11) is 4.96. The molecule has 0 atom stereocenters. The summed E-state index contributed by atoms with van der Waals surface area (Å²) < 4.78 is 12.0. The Balaban J connectivity index is 1.83. The minimum absolute atomic E-state index is 0.260. The zero-order valence-electron chi connectivity index (χ0n) is 12.9. The molecule has 0 radical (unpaired) electrons. The summed E-state index contributed by atoms with van der Waals surface area (Å²) in [6, 6.07) is 7.17. The molecule has 0 fully saturated rings. The molecule has 0 aliphatic carbocycles. The third-order valence-electron chi connectivity index (χ3n) is 3.21. The van der Waals surface area contributed by atoms with Gasteiger partial charge < -0.3 is 14.8 Å². The molecule has 0 aliphatic rings. The van der Waals surface area contributed by atoms with E-state index in [0.29, 0.717) is 30.3 Å². The predicted octanol–water partition coefficient (Wildman–Crippen LogP) is 1.80. The van der Waals surface area contributed by atoms with Crippen molar-refractivity contribution in [1.82, 2.24) is 15.1 Å². The number of amides is 2. The lowest BCUT2D eigenvalue weighted by Crippen LogP contribution is -2.31. The van der Waals surface area contributed by atoms with Crippen molar-refractivity contribution in [3.05, 3.63) is 36.0 Å². The molecule has 0 aliphatic heterocycles. The van der Waals surface area contributed by atoms with Crippen molar-refractivity contribution < 1.29 is 14.3 Å². The number of hydrogen-bond donors (Lipinski definition) is 2. The first-order chi connectivity index (χ1) is 10.6. The maximum atomic E-state index is 11.8. The molecule has 2 aromatic rings. The number of carbonyl (C=O) groups is 1. The number of aromatic nitrogens is 2. The number of hydrogen-bond acceptors (Lipinski definition) is 4. The van der Waals surface area contributed by atoms with Crippen LogP contribution in [0.1, 0.15) is 5.56 Å². The van der Waals surface area contributed by atoms with E-state index < -0.39 is 0 Å². The normalized spacial score (nSPS) is 10.1. The Labute approximate surface area is 129 Å². The van der Waals surface area contributed by atoms with Gasteiger partial charge in [0.2, 0.25) is 0 Å². The summed E-state index contributed by atoms with van der Waals surface area (Å²) in [4.78, 5) is 11.8. The van der Waals surface area contributed by atoms with E-state index in [0.717, 1.165) is 5.56 Å². The third kappa shape index (κ3) is 3.91. The van der Waals surface area contributed by atoms with Crippen molar-refractivity contribution in [2.24, 2.45) is 7.05 Å². The molecule has 2 rings (SSSR count). The second kappa shape index (κ2) is 7.35. The van der Waals surface area contributed by atoms with E-state index in [1.807, 2.05) is 18.2 Å². The molecule has 0 unspecified atom stereocenters. The monoisotopic (exact) mass is 304 g/mol. The van der Waals surface area contributed by atoms with Gasteiger partial charge in [0.25, 0.3) is 0 Å². The molecule has 0 saturated carbocycles. The maximum absolute atomic E-state index is 11.8. The van der Waals surface area contributed by atoms with Crippen molar-refractivity contribution >= 4 is 11.8 Å². The van der Waals surface area contributed by atoms with E-state index >= 15 is 0 Å². The van der Waals surface area contributed by atoms with Gasteiger partial charge in [-0.3, -0.25) is 10.00 Å². The number of ether oxygens (including phenoxy) is 2. The summed E-state index contributed by atoms with van der Waals surface area (Å²) in [6.45, 7) is 0.513. The smallest absolute Gasteiger partial charge is 0.320 e. The van der Waals surface area contributed by atoms with Crippen LogP contribution in [0.15, 0.2) is 30.5 Å². The van der Waals surface area contributed by atoms with Gasteiger partial charge in [-0.2, -0.15) is 5.10 Å². The Bertz CT molecular complexity index is 639. The van der Waals surface area contributed by atoms with Crippen LogP contribution in [0.3, 0.4) is 0 Å². The van der Waals surface area contributed by atoms with E-state index in [1.165, 1.54) is 0 Å². The van der Waals surface area contributed by atoms with E-state index in [1.54, 1.807) is 38.2 Å². The number of nitrogens with zero attached hydrogens (tertiary/aromatic N) is 2. The summed E-state index contributed by atoms with van der Waals surface area (Å²) in [5.41, 5.74) is 1.05. The maximum Gasteiger partial charge on any atom is 0.320 e. The van der Waals surface area contributed by atoms with Gasteiger partial charge >= 0.3 is 6.03 Å². The summed E-state index contributed by atoms with van der Waals surface area (Å²) in [5, 5.41) is 9.50. The molecule has 0 spiro atoms. The number of urea groups is 1. The van der Waals surface area contributed by atoms with Crippen molar-refractivity contribution in [1.29, 1.82) is 0 Å². The van der Waals surface area contributed by atoms with Gasteiger partial charge in [0.05, 0.1) is 20.4 Å². The first-order valence-electron chi connectivity index (χ1n) is 6.88. The second-order valence-corrected chi connectivity index (χ2v) is 4.66. The molecule has 7 heteroatoms. The van der Waals surface area contributed by atoms with Gasteiger partial charge in [-0.1, -0.05) is 6.07 Å². The van der Waals surface area contributed by atoms with Crippen LogP contribution >= 0.6 is 0 Å². The summed E-state index contributed by atoms with van der Waals surface area (Å²) in [5.74, 6) is 2.01. The number of methoxy groups -OCH3 is 2. The van der Waals surface area contributed by atoms with Crippen LogP contribution in [0.2, 0.25) is 0 Å². The summed E-state index contributed by atoms with van der Waals surface area (Å²) >= 11 is 0. The lowest BCUT2D eigenvalue weighted by Gasteiger charge is -2.10. The van der Waals surface area contributed by atoms with Crippen LogP contribution in [0.5, 0.6) is 11.5 Å². The minimum Gasteiger partial charge on any atom is -0.493 e. The van der Waals surface area contributed by atoms with Gasteiger partial charge in [0, 0.05) is 19.7 Å². The third-order valence-corrected chi connectivity index (χ3v) is 3.21. The predicted molar refractivity (Wildman–Crippen MR) is 83.5 cm³/mol. The highest BCUT2D eigenvalue weighted by Gasteiger charge is 2.06. The molecular weight excluding hydrogens is 284 g/mol. The molecule has 2 N–H and O–H groups in total. The van der Waals surface area contributed by atoms with Crippen molar-refractivity contribution in [2.75, 3.05) is 26.1 Å². The lowest BCUT2D eigenvalue weighted by atomic mass is 10.1. The van der Waals surface area contributed by atoms with Crippen LogP contribution in [-0.4, -0.2) is 36.6 Å². The summed E-state index contributed by atoms with van der Waals surface area (Å²) in [6.07, 6.45) is 2.32. The number of benzene rings is 1. The Morgan fingerprint density at radius 2 is 2.00 bits per heavy atom. The average molecular weight is 304 g/mol. The second-order valence-electron chi connectivity index (χ2n) is 4.66. The van der Waals surface area contributed by atoms with Crippen LogP contribution in [0, 0.1) is 0 Å². The minimum atomic E-state index is -0.260. The van der Waals surface area contributed by atoms with Crippen LogP contribution in [0.4, 0.5) is 10.6 Å². The fraction of sp³-hybridized carbons (Fsp3) is 0.333. The first kappa shape index (κ1) is 15.7. The largest absolute Gasteiger partial charge is 0.493 e. The Kier molecular flexibility index (Phi) is 5.24. The Morgan fingerprint density at radius 3 is 2.64 bits per heavy atom. The average Bonchev–Trinajstić information content (AvgIpc) is 2.92. The highest BCUT2D eigenvalue weighted by molar-refractivity contribution is 5.88. The van der Waals surface area contributed by atoms with E-state index in [9.17, 15) is 4.79 Å². The molecule has 1 aromatic heterocycles. The number of rotatable bonds is 6. The molecule has 7 nitrogen and oxygen atoms in total. The van der Waals surface area contributed by atoms with E-state index in [2.05, 4.69) is 15.7 Å². The topological polar surface area (TPSA) is 77.4 Å². The molecule has 1 heterocycles. The molecule has 1 aromatic carbocycles. The molecule has 0 saturated heterocycles. The van der Waals surface area contributed by atoms with Gasteiger partial charge in [0.15, 0.2) is 11.5 Å². The van der Waals surface area contributed by atoms with Crippen LogP contribution in [-0.2, 0) is 13.5 Å². The van der Waals surface area contributed by atoms with Crippen LogP contribution < -0.4 is 20.1 Å². The Hall–Kier alpha value is -2.70. The number of nitrogens with one attached hydrogen (secondary N) is 2. The zero-order chi connectivity index (χ0) is 15.9. The molecular formula is C15H20N4O3. The van der Waals surface area contributed by atoms with E-state index in [-0.39, 0.29) is 6.03 Å². The van der Waals surface area contributed by atoms with Crippen molar-refractivity contribution in [3.63, 3.8) is 0 Å². The molecule has 22 heavy (non-hydrogen) atoms. The molecule has 0 bridgehead atoms. The fourth-order valence-corrected chi connectivity index (χ4v) is 2.01. The lowest BCUT2D eigenvalue weighted by molar-refractivity contribution is 0.252. The SMILES string of the molecule is COc1ccc(CCNC(=O)Nc2ccnn2C)cc1OC. The van der Waals surface area contributed by atoms with Crippen LogP contribution in [0.25, 0.3) is 0 Å². The number of anilines is 1.